The van der Waals surface area contributed by atoms with Crippen LogP contribution in [-0.2, 0) is 6.42 Å². The lowest BCUT2D eigenvalue weighted by Gasteiger charge is -2.14. The summed E-state index contributed by atoms with van der Waals surface area (Å²) in [5.74, 6) is 0.233. The van der Waals surface area contributed by atoms with Crippen molar-refractivity contribution in [3.05, 3.63) is 86.2 Å². The molecule has 0 heterocycles. The molecule has 0 aliphatic heterocycles. The maximum atomic E-state index is 15.2. The van der Waals surface area contributed by atoms with Crippen LogP contribution in [-0.4, -0.2) is 7.11 Å². The number of halogens is 3. The van der Waals surface area contributed by atoms with Crippen LogP contribution in [0.1, 0.15) is 11.1 Å². The van der Waals surface area contributed by atoms with Crippen molar-refractivity contribution >= 4 is 34.2 Å². The summed E-state index contributed by atoms with van der Waals surface area (Å²) in [6.07, 6.45) is 0.528. The van der Waals surface area contributed by atoms with Crippen LogP contribution in [0.5, 0.6) is 5.75 Å². The Hall–Kier alpha value is -1.59. The maximum absolute atomic E-state index is 15.2. The second-order valence-electron chi connectivity index (χ2n) is 5.43. The van der Waals surface area contributed by atoms with Gasteiger partial charge in [0.05, 0.1) is 12.7 Å². The molecule has 3 rings (SSSR count). The van der Waals surface area contributed by atoms with Gasteiger partial charge in [-0.3, -0.25) is 0 Å². The first-order valence-electron chi connectivity index (χ1n) is 7.44. The van der Waals surface area contributed by atoms with E-state index in [-0.39, 0.29) is 5.82 Å². The molecular formula is C20H15ClFIO. The van der Waals surface area contributed by atoms with Gasteiger partial charge in [0.15, 0.2) is 0 Å². The number of hydrogen-bond acceptors (Lipinski definition) is 1. The Balaban J connectivity index is 2.06. The highest BCUT2D eigenvalue weighted by atomic mass is 127. The van der Waals surface area contributed by atoms with Crippen LogP contribution < -0.4 is 4.74 Å². The molecule has 0 aromatic heterocycles. The molecule has 1 nitrogen and oxygen atoms in total. The lowest BCUT2D eigenvalue weighted by Crippen LogP contribution is -1.99. The summed E-state index contributed by atoms with van der Waals surface area (Å²) in [6, 6.07) is 18.8. The fourth-order valence-corrected chi connectivity index (χ4v) is 3.19. The molecule has 0 amide bonds. The van der Waals surface area contributed by atoms with Gasteiger partial charge in [0.1, 0.15) is 11.6 Å². The Morgan fingerprint density at radius 1 is 1.04 bits per heavy atom. The highest BCUT2D eigenvalue weighted by Crippen LogP contribution is 2.36. The number of ether oxygens (including phenoxy) is 1. The number of rotatable bonds is 4. The number of hydrogen-bond donors (Lipinski definition) is 0. The number of benzene rings is 3. The molecule has 0 atom stereocenters. The highest BCUT2D eigenvalue weighted by Gasteiger charge is 2.16. The molecule has 0 radical (unpaired) electrons. The van der Waals surface area contributed by atoms with Gasteiger partial charge in [-0.05, 0) is 69.6 Å². The smallest absolute Gasteiger partial charge is 0.138 e. The fraction of sp³-hybridized carbons (Fsp3) is 0.100. The van der Waals surface area contributed by atoms with Gasteiger partial charge < -0.3 is 4.74 Å². The normalized spacial score (nSPS) is 10.7. The summed E-state index contributed by atoms with van der Waals surface area (Å²) in [4.78, 5) is 0. The SMILES string of the molecule is COc1ccc(Cc2ccc(I)cc2)c(F)c1-c1cccc(Cl)c1. The van der Waals surface area contributed by atoms with Gasteiger partial charge in [-0.15, -0.1) is 0 Å². The first-order valence-corrected chi connectivity index (χ1v) is 8.90. The molecule has 0 N–H and O–H groups in total. The van der Waals surface area contributed by atoms with Crippen LogP contribution in [0.3, 0.4) is 0 Å². The molecule has 0 fully saturated rings. The van der Waals surface area contributed by atoms with E-state index in [0.717, 1.165) is 9.13 Å². The van der Waals surface area contributed by atoms with Gasteiger partial charge in [-0.25, -0.2) is 4.39 Å². The minimum absolute atomic E-state index is 0.268. The van der Waals surface area contributed by atoms with E-state index in [1.165, 1.54) is 0 Å². The third kappa shape index (κ3) is 3.73. The predicted molar refractivity (Wildman–Crippen MR) is 105 cm³/mol. The summed E-state index contributed by atoms with van der Waals surface area (Å²) in [5.41, 5.74) is 2.85. The molecule has 0 unspecified atom stereocenters. The Bertz CT molecular complexity index is 862. The summed E-state index contributed by atoms with van der Waals surface area (Å²) < 4.78 is 21.7. The van der Waals surface area contributed by atoms with E-state index >= 15 is 4.39 Å². The highest BCUT2D eigenvalue weighted by molar-refractivity contribution is 14.1. The van der Waals surface area contributed by atoms with E-state index in [4.69, 9.17) is 16.3 Å². The third-order valence-corrected chi connectivity index (χ3v) is 4.78. The molecule has 3 aromatic rings. The molecule has 0 spiro atoms. The number of methoxy groups -OCH3 is 1. The van der Waals surface area contributed by atoms with Crippen molar-refractivity contribution in [2.24, 2.45) is 0 Å². The molecule has 0 bridgehead atoms. The zero-order chi connectivity index (χ0) is 17.1. The van der Waals surface area contributed by atoms with Crippen LogP contribution in [0.4, 0.5) is 4.39 Å². The summed E-state index contributed by atoms with van der Waals surface area (Å²) in [5, 5.41) is 0.567. The van der Waals surface area contributed by atoms with E-state index in [2.05, 4.69) is 22.6 Å². The molecule has 0 saturated heterocycles. The second kappa shape index (κ2) is 7.53. The van der Waals surface area contributed by atoms with Gasteiger partial charge in [-0.2, -0.15) is 0 Å². The lowest BCUT2D eigenvalue weighted by atomic mass is 9.97. The maximum Gasteiger partial charge on any atom is 0.138 e. The largest absolute Gasteiger partial charge is 0.496 e. The molecule has 122 valence electrons. The average Bonchev–Trinajstić information content (AvgIpc) is 2.58. The monoisotopic (exact) mass is 452 g/mol. The van der Waals surface area contributed by atoms with E-state index in [1.54, 1.807) is 31.4 Å². The fourth-order valence-electron chi connectivity index (χ4n) is 2.64. The van der Waals surface area contributed by atoms with Crippen molar-refractivity contribution in [2.45, 2.75) is 6.42 Å². The van der Waals surface area contributed by atoms with Crippen LogP contribution in [0, 0.1) is 9.39 Å². The summed E-state index contributed by atoms with van der Waals surface area (Å²) >= 11 is 8.32. The van der Waals surface area contributed by atoms with E-state index in [0.29, 0.717) is 33.9 Å². The Kier molecular flexibility index (Phi) is 5.41. The Morgan fingerprint density at radius 2 is 1.79 bits per heavy atom. The Morgan fingerprint density at radius 3 is 2.46 bits per heavy atom. The van der Waals surface area contributed by atoms with Crippen LogP contribution in [0.2, 0.25) is 5.02 Å². The van der Waals surface area contributed by atoms with Gasteiger partial charge in [0.25, 0.3) is 0 Å². The summed E-state index contributed by atoms with van der Waals surface area (Å²) in [6.45, 7) is 0. The average molecular weight is 453 g/mol. The second-order valence-corrected chi connectivity index (χ2v) is 7.11. The van der Waals surface area contributed by atoms with Gasteiger partial charge in [0, 0.05) is 15.0 Å². The van der Waals surface area contributed by atoms with Crippen molar-refractivity contribution in [3.8, 4) is 16.9 Å². The Labute approximate surface area is 159 Å². The van der Waals surface area contributed by atoms with Gasteiger partial charge in [0.2, 0.25) is 0 Å². The minimum atomic E-state index is -0.268. The van der Waals surface area contributed by atoms with Crippen LogP contribution >= 0.6 is 34.2 Å². The topological polar surface area (TPSA) is 9.23 Å². The molecule has 0 aliphatic rings. The molecular weight excluding hydrogens is 438 g/mol. The van der Waals surface area contributed by atoms with E-state index in [9.17, 15) is 0 Å². The van der Waals surface area contributed by atoms with Crippen molar-refractivity contribution in [1.29, 1.82) is 0 Å². The first kappa shape index (κ1) is 17.2. The zero-order valence-corrected chi connectivity index (χ0v) is 15.9. The summed E-state index contributed by atoms with van der Waals surface area (Å²) in [7, 11) is 1.54. The van der Waals surface area contributed by atoms with Gasteiger partial charge in [-0.1, -0.05) is 41.9 Å². The first-order chi connectivity index (χ1) is 11.6. The van der Waals surface area contributed by atoms with Crippen molar-refractivity contribution < 1.29 is 9.13 Å². The standard InChI is InChI=1S/C20H15ClFIO/c1-24-18-10-7-15(11-13-5-8-17(23)9-6-13)20(22)19(18)14-3-2-4-16(21)12-14/h2-10,12H,11H2,1H3. The lowest BCUT2D eigenvalue weighted by molar-refractivity contribution is 0.413. The van der Waals surface area contributed by atoms with E-state index in [1.807, 2.05) is 36.4 Å². The predicted octanol–water partition coefficient (Wildman–Crippen LogP) is 6.35. The molecule has 0 aliphatic carbocycles. The third-order valence-electron chi connectivity index (χ3n) is 3.82. The molecule has 0 saturated carbocycles. The van der Waals surface area contributed by atoms with Gasteiger partial charge >= 0.3 is 0 Å². The van der Waals surface area contributed by atoms with Crippen molar-refractivity contribution in [1.82, 2.24) is 0 Å². The van der Waals surface area contributed by atoms with E-state index < -0.39 is 0 Å². The quantitative estimate of drug-likeness (QED) is 0.419. The zero-order valence-electron chi connectivity index (χ0n) is 13.0. The van der Waals surface area contributed by atoms with Crippen LogP contribution in [0.15, 0.2) is 60.7 Å². The molecule has 24 heavy (non-hydrogen) atoms. The molecule has 3 aromatic carbocycles. The molecule has 4 heteroatoms. The van der Waals surface area contributed by atoms with Crippen LogP contribution in [0.25, 0.3) is 11.1 Å². The minimum Gasteiger partial charge on any atom is -0.496 e. The van der Waals surface area contributed by atoms with Crippen molar-refractivity contribution in [2.75, 3.05) is 7.11 Å². The van der Waals surface area contributed by atoms with Crippen molar-refractivity contribution in [3.63, 3.8) is 0 Å².